The third-order valence-electron chi connectivity index (χ3n) is 7.56. The first-order valence-corrected chi connectivity index (χ1v) is 13.8. The number of amides is 2. The number of nitrogens with one attached hydrogen (secondary N) is 3. The molecule has 3 aliphatic rings. The second kappa shape index (κ2) is 13.1. The number of aliphatic hydroxyl groups excluding tert-OH is 1. The fourth-order valence-corrected chi connectivity index (χ4v) is 5.00. The predicted molar refractivity (Wildman–Crippen MR) is 148 cm³/mol. The fourth-order valence-electron chi connectivity index (χ4n) is 5.00. The molecule has 2 aromatic rings. The van der Waals surface area contributed by atoms with Gasteiger partial charge in [-0.2, -0.15) is 0 Å². The molecule has 7 nitrogen and oxygen atoms in total. The highest BCUT2D eigenvalue weighted by Crippen LogP contribution is 2.45. The Bertz CT molecular complexity index is 1210. The minimum Gasteiger partial charge on any atom is -0.491 e. The van der Waals surface area contributed by atoms with Crippen LogP contribution in [0.1, 0.15) is 62.1 Å². The summed E-state index contributed by atoms with van der Waals surface area (Å²) in [5.41, 5.74) is 2.83. The number of rotatable bonds is 7. The molecule has 208 valence electrons. The van der Waals surface area contributed by atoms with Crippen LogP contribution in [0.25, 0.3) is 0 Å². The van der Waals surface area contributed by atoms with Gasteiger partial charge in [-0.1, -0.05) is 37.3 Å². The van der Waals surface area contributed by atoms with Gasteiger partial charge < -0.3 is 25.8 Å². The molecule has 2 amide bonds. The minimum absolute atomic E-state index is 0.0158. The molecule has 4 N–H and O–H groups in total. The van der Waals surface area contributed by atoms with Crippen molar-refractivity contribution < 1.29 is 23.8 Å². The van der Waals surface area contributed by atoms with E-state index in [9.17, 15) is 19.1 Å². The molecular formula is C31H38FN3O4. The summed E-state index contributed by atoms with van der Waals surface area (Å²) in [6, 6.07) is 11.4. The number of aryl methyl sites for hydroxylation is 1. The molecule has 2 bridgehead atoms. The first kappa shape index (κ1) is 28.6. The average Bonchev–Trinajstić information content (AvgIpc) is 3.72. The van der Waals surface area contributed by atoms with Crippen LogP contribution in [0.3, 0.4) is 0 Å². The molecule has 8 heteroatoms. The number of ether oxygens (including phenoxy) is 1. The summed E-state index contributed by atoms with van der Waals surface area (Å²) in [6.07, 6.45) is 8.81. The molecule has 0 spiro atoms. The molecule has 2 aliphatic heterocycles. The molecule has 0 saturated heterocycles. The van der Waals surface area contributed by atoms with E-state index < -0.39 is 29.9 Å². The molecule has 2 aromatic carbocycles. The Labute approximate surface area is 229 Å². The smallest absolute Gasteiger partial charge is 0.243 e. The van der Waals surface area contributed by atoms with Crippen LogP contribution in [0, 0.1) is 18.2 Å². The van der Waals surface area contributed by atoms with E-state index in [4.69, 9.17) is 11.2 Å². The molecule has 1 fully saturated rings. The van der Waals surface area contributed by atoms with E-state index in [1.54, 1.807) is 12.1 Å². The first-order chi connectivity index (χ1) is 18.8. The molecule has 3 unspecified atom stereocenters. The number of halogens is 1. The lowest BCUT2D eigenvalue weighted by Crippen LogP contribution is -2.55. The van der Waals surface area contributed by atoms with Gasteiger partial charge in [0.15, 0.2) is 11.6 Å². The number of aliphatic hydroxyl groups is 1. The Morgan fingerprint density at radius 3 is 2.74 bits per heavy atom. The van der Waals surface area contributed by atoms with Crippen molar-refractivity contribution in [1.82, 2.24) is 16.0 Å². The topological polar surface area (TPSA) is 99.7 Å². The number of carbonyl (C=O) groups excluding carboxylic acids is 2. The number of hydrogen-bond acceptors (Lipinski definition) is 5. The van der Waals surface area contributed by atoms with Crippen molar-refractivity contribution in [3.63, 3.8) is 0 Å². The second-order valence-electron chi connectivity index (χ2n) is 10.5. The number of terminal acetylenes is 1. The Kier molecular flexibility index (Phi) is 9.60. The van der Waals surface area contributed by atoms with Gasteiger partial charge in [0.1, 0.15) is 6.04 Å². The maximum Gasteiger partial charge on any atom is 0.243 e. The molecule has 5 rings (SSSR count). The maximum atomic E-state index is 14.8. The summed E-state index contributed by atoms with van der Waals surface area (Å²) < 4.78 is 20.3. The number of carbonyl (C=O) groups is 2. The highest BCUT2D eigenvalue weighted by atomic mass is 19.1. The summed E-state index contributed by atoms with van der Waals surface area (Å²) in [6.45, 7) is 2.61. The molecule has 3 atom stereocenters. The molecular weight excluding hydrogens is 497 g/mol. The van der Waals surface area contributed by atoms with Crippen LogP contribution in [0.5, 0.6) is 5.75 Å². The molecule has 39 heavy (non-hydrogen) atoms. The molecule has 0 radical (unpaired) electrons. The van der Waals surface area contributed by atoms with Gasteiger partial charge in [-0.3, -0.25) is 9.59 Å². The number of benzene rings is 2. The Morgan fingerprint density at radius 1 is 1.21 bits per heavy atom. The number of hydrogen-bond donors (Lipinski definition) is 4. The van der Waals surface area contributed by atoms with Crippen molar-refractivity contribution in [3.05, 3.63) is 65.0 Å². The average molecular weight is 536 g/mol. The SMILES string of the molecule is C#CCC1NC(=O)CCCCOc2ccc(cc2F)CC(C(O)CNC2(c3cccc(CC)c3)CC2)NC1=O. The lowest BCUT2D eigenvalue weighted by molar-refractivity contribution is -0.129. The van der Waals surface area contributed by atoms with Gasteiger partial charge in [-0.15, -0.1) is 12.3 Å². The third-order valence-corrected chi connectivity index (χ3v) is 7.56. The van der Waals surface area contributed by atoms with Crippen LogP contribution < -0.4 is 20.7 Å². The maximum absolute atomic E-state index is 14.8. The zero-order chi connectivity index (χ0) is 27.8. The Balaban J connectivity index is 1.54. The van der Waals surface area contributed by atoms with Crippen LogP contribution in [0.4, 0.5) is 4.39 Å². The van der Waals surface area contributed by atoms with Crippen LogP contribution in [-0.2, 0) is 28.0 Å². The van der Waals surface area contributed by atoms with E-state index in [2.05, 4.69) is 53.1 Å². The van der Waals surface area contributed by atoms with Crippen LogP contribution in [-0.4, -0.2) is 48.3 Å². The molecule has 2 heterocycles. The first-order valence-electron chi connectivity index (χ1n) is 13.8. The van der Waals surface area contributed by atoms with E-state index in [0.717, 1.165) is 19.3 Å². The van der Waals surface area contributed by atoms with Gasteiger partial charge in [-0.05, 0) is 67.3 Å². The summed E-state index contributed by atoms with van der Waals surface area (Å²) >= 11 is 0. The van der Waals surface area contributed by atoms with Gasteiger partial charge >= 0.3 is 0 Å². The standard InChI is InChI=1S/C31H38FN3O4/c1-3-8-25-30(38)35-26(27(36)20-33-31(14-15-31)23-10-7-9-21(4-2)17-23)19-22-12-13-28(24(32)18-22)39-16-6-5-11-29(37)34-25/h1,7,9-10,12-13,17-18,25-27,33,36H,4-6,8,11,14-16,19-20H2,2H3,(H,34,37)(H,35,38). The van der Waals surface area contributed by atoms with Gasteiger partial charge in [0, 0.05) is 24.9 Å². The zero-order valence-electron chi connectivity index (χ0n) is 22.5. The Hall–Kier alpha value is -3.41. The highest BCUT2D eigenvalue weighted by Gasteiger charge is 2.44. The summed E-state index contributed by atoms with van der Waals surface area (Å²) in [5.74, 6) is 1.31. The lowest BCUT2D eigenvalue weighted by atomic mass is 9.98. The second-order valence-corrected chi connectivity index (χ2v) is 10.5. The molecule has 1 saturated carbocycles. The summed E-state index contributed by atoms with van der Waals surface area (Å²) in [7, 11) is 0. The van der Waals surface area contributed by atoms with Gasteiger partial charge in [0.25, 0.3) is 0 Å². The van der Waals surface area contributed by atoms with E-state index in [-0.39, 0.29) is 49.6 Å². The van der Waals surface area contributed by atoms with Crippen molar-refractivity contribution in [2.24, 2.45) is 0 Å². The largest absolute Gasteiger partial charge is 0.491 e. The molecule has 1 aliphatic carbocycles. The minimum atomic E-state index is -0.985. The third kappa shape index (κ3) is 7.59. The van der Waals surface area contributed by atoms with Gasteiger partial charge in [-0.25, -0.2) is 4.39 Å². The van der Waals surface area contributed by atoms with E-state index in [1.807, 2.05) is 0 Å². The van der Waals surface area contributed by atoms with Crippen molar-refractivity contribution >= 4 is 11.8 Å². The van der Waals surface area contributed by atoms with Gasteiger partial charge in [0.05, 0.1) is 18.8 Å². The van der Waals surface area contributed by atoms with Crippen molar-refractivity contribution in [2.45, 2.75) is 82.0 Å². The highest BCUT2D eigenvalue weighted by molar-refractivity contribution is 5.88. The van der Waals surface area contributed by atoms with Crippen molar-refractivity contribution in [2.75, 3.05) is 13.2 Å². The summed E-state index contributed by atoms with van der Waals surface area (Å²) in [5, 5.41) is 20.4. The van der Waals surface area contributed by atoms with E-state index >= 15 is 0 Å². The predicted octanol–water partition coefficient (Wildman–Crippen LogP) is 3.13. The zero-order valence-corrected chi connectivity index (χ0v) is 22.5. The normalized spacial score (nSPS) is 22.2. The number of fused-ring (bicyclic) bond motifs is 13. The van der Waals surface area contributed by atoms with Gasteiger partial charge in [0.2, 0.25) is 11.8 Å². The van der Waals surface area contributed by atoms with E-state index in [0.29, 0.717) is 18.4 Å². The quantitative estimate of drug-likeness (QED) is 0.409. The van der Waals surface area contributed by atoms with Crippen LogP contribution in [0.2, 0.25) is 0 Å². The van der Waals surface area contributed by atoms with Crippen molar-refractivity contribution in [3.8, 4) is 18.1 Å². The fraction of sp³-hybridized carbons (Fsp3) is 0.484. The van der Waals surface area contributed by atoms with Crippen LogP contribution >= 0.6 is 0 Å². The van der Waals surface area contributed by atoms with E-state index in [1.165, 1.54) is 17.2 Å². The molecule has 0 aromatic heterocycles. The van der Waals surface area contributed by atoms with Crippen molar-refractivity contribution in [1.29, 1.82) is 0 Å². The summed E-state index contributed by atoms with van der Waals surface area (Å²) in [4.78, 5) is 25.7. The lowest BCUT2D eigenvalue weighted by Gasteiger charge is -2.29. The monoisotopic (exact) mass is 535 g/mol. The van der Waals surface area contributed by atoms with Crippen LogP contribution in [0.15, 0.2) is 42.5 Å². The Morgan fingerprint density at radius 2 is 2.03 bits per heavy atom.